The topological polar surface area (TPSA) is 86.7 Å². The van der Waals surface area contributed by atoms with Crippen molar-refractivity contribution in [1.29, 1.82) is 0 Å². The molecule has 9 heteroatoms. The van der Waals surface area contributed by atoms with Gasteiger partial charge in [-0.15, -0.1) is 0 Å². The van der Waals surface area contributed by atoms with Crippen LogP contribution >= 0.6 is 0 Å². The summed E-state index contributed by atoms with van der Waals surface area (Å²) in [4.78, 5) is 33.7. The van der Waals surface area contributed by atoms with Crippen LogP contribution in [0.5, 0.6) is 0 Å². The molecule has 1 amide bonds. The predicted octanol–water partition coefficient (Wildman–Crippen LogP) is 2.75. The van der Waals surface area contributed by atoms with Crippen LogP contribution in [0.15, 0.2) is 48.8 Å². The smallest absolute Gasteiger partial charge is 0.251 e. The van der Waals surface area contributed by atoms with Gasteiger partial charge in [-0.3, -0.25) is 9.78 Å². The number of nitrogens with zero attached hydrogens (tertiary/aromatic N) is 6. The first kappa shape index (κ1) is 24.1. The Labute approximate surface area is 212 Å². The molecule has 0 radical (unpaired) electrons. The number of pyridine rings is 1. The largest absolute Gasteiger partial charge is 0.378 e. The summed E-state index contributed by atoms with van der Waals surface area (Å²) in [5.41, 5.74) is 4.56. The summed E-state index contributed by atoms with van der Waals surface area (Å²) in [6, 6.07) is 11.8. The molecular weight excluding hydrogens is 454 g/mol. The Balaban J connectivity index is 1.48. The molecule has 0 atom stereocenters. The number of fused-ring (bicyclic) bond motifs is 1. The average Bonchev–Trinajstić information content (AvgIpc) is 3.35. The molecule has 1 saturated heterocycles. The molecule has 2 aliphatic heterocycles. The van der Waals surface area contributed by atoms with Gasteiger partial charge in [0.25, 0.3) is 5.91 Å². The van der Waals surface area contributed by atoms with Crippen LogP contribution in [-0.4, -0.2) is 85.8 Å². The van der Waals surface area contributed by atoms with Crippen molar-refractivity contribution in [1.82, 2.24) is 25.2 Å². The maximum absolute atomic E-state index is 12.9. The molecule has 2 aromatic heterocycles. The van der Waals surface area contributed by atoms with Crippen LogP contribution in [0.3, 0.4) is 0 Å². The fourth-order valence-corrected chi connectivity index (χ4v) is 4.66. The van der Waals surface area contributed by atoms with Crippen LogP contribution in [-0.2, 0) is 11.2 Å². The van der Waals surface area contributed by atoms with Gasteiger partial charge in [-0.25, -0.2) is 4.98 Å². The second-order valence-electron chi connectivity index (χ2n) is 9.38. The highest BCUT2D eigenvalue weighted by molar-refractivity contribution is 5.95. The van der Waals surface area contributed by atoms with Crippen LogP contribution in [0.4, 0.5) is 17.5 Å². The average molecular weight is 488 g/mol. The third-order valence-electron chi connectivity index (χ3n) is 6.53. The number of aromatic nitrogens is 3. The molecule has 3 aromatic rings. The van der Waals surface area contributed by atoms with Gasteiger partial charge in [-0.2, -0.15) is 4.98 Å². The number of nitrogens with one attached hydrogen (secondary N) is 1. The molecule has 4 heterocycles. The quantitative estimate of drug-likeness (QED) is 0.486. The minimum atomic E-state index is -0.0632. The highest BCUT2D eigenvalue weighted by atomic mass is 16.5. The molecule has 0 bridgehead atoms. The van der Waals surface area contributed by atoms with Crippen molar-refractivity contribution in [2.24, 2.45) is 0 Å². The molecule has 36 heavy (non-hydrogen) atoms. The van der Waals surface area contributed by atoms with Gasteiger partial charge in [0, 0.05) is 49.1 Å². The van der Waals surface area contributed by atoms with Crippen molar-refractivity contribution in [2.75, 3.05) is 69.8 Å². The number of anilines is 3. The number of rotatable bonds is 8. The molecule has 0 aliphatic carbocycles. The molecule has 0 spiro atoms. The van der Waals surface area contributed by atoms with Gasteiger partial charge in [-0.05, 0) is 57.7 Å². The fraction of sp³-hybridized carbons (Fsp3) is 0.407. The molecule has 9 nitrogen and oxygen atoms in total. The standard InChI is InChI=1S/C27H33N7O2/c1-32(2)12-5-11-29-26(35)21-7-3-6-20(18-21)24-23-9-13-34(22-8-4-10-28-19-22)25(23)31-27(30-24)33-14-16-36-17-15-33/h3-4,6-8,10,18-19H,5,9,11-17H2,1-2H3,(H,29,35). The van der Waals surface area contributed by atoms with Gasteiger partial charge in [0.2, 0.25) is 5.95 Å². The zero-order valence-corrected chi connectivity index (χ0v) is 21.0. The van der Waals surface area contributed by atoms with Gasteiger partial charge >= 0.3 is 0 Å². The molecule has 0 saturated carbocycles. The van der Waals surface area contributed by atoms with Gasteiger partial charge < -0.3 is 24.8 Å². The lowest BCUT2D eigenvalue weighted by Crippen LogP contribution is -2.37. The number of amides is 1. The molecule has 2 aliphatic rings. The maximum atomic E-state index is 12.9. The van der Waals surface area contributed by atoms with E-state index in [1.165, 1.54) is 0 Å². The molecule has 0 unspecified atom stereocenters. The van der Waals surface area contributed by atoms with Crippen molar-refractivity contribution in [3.63, 3.8) is 0 Å². The lowest BCUT2D eigenvalue weighted by atomic mass is 10.0. The second-order valence-corrected chi connectivity index (χ2v) is 9.38. The lowest BCUT2D eigenvalue weighted by molar-refractivity contribution is 0.0952. The summed E-state index contributed by atoms with van der Waals surface area (Å²) in [6.45, 7) is 5.20. The van der Waals surface area contributed by atoms with Crippen molar-refractivity contribution >= 4 is 23.4 Å². The summed E-state index contributed by atoms with van der Waals surface area (Å²) in [5, 5.41) is 3.04. The first-order chi connectivity index (χ1) is 17.6. The van der Waals surface area contributed by atoms with Crippen molar-refractivity contribution < 1.29 is 9.53 Å². The highest BCUT2D eigenvalue weighted by Crippen LogP contribution is 2.39. The minimum absolute atomic E-state index is 0.0632. The first-order valence-corrected chi connectivity index (χ1v) is 12.5. The normalized spacial score (nSPS) is 15.3. The first-order valence-electron chi connectivity index (χ1n) is 12.5. The van der Waals surface area contributed by atoms with Crippen LogP contribution in [0, 0.1) is 0 Å². The summed E-state index contributed by atoms with van der Waals surface area (Å²) in [6.07, 6.45) is 5.38. The van der Waals surface area contributed by atoms with Crippen LogP contribution in [0.2, 0.25) is 0 Å². The van der Waals surface area contributed by atoms with E-state index in [1.54, 1.807) is 6.20 Å². The third kappa shape index (κ3) is 5.32. The summed E-state index contributed by atoms with van der Waals surface area (Å²) < 4.78 is 5.55. The third-order valence-corrected chi connectivity index (χ3v) is 6.53. The fourth-order valence-electron chi connectivity index (χ4n) is 4.66. The van der Waals surface area contributed by atoms with E-state index in [4.69, 9.17) is 14.7 Å². The number of carbonyl (C=O) groups excluding carboxylic acids is 1. The van der Waals surface area contributed by atoms with Crippen LogP contribution in [0.1, 0.15) is 22.3 Å². The summed E-state index contributed by atoms with van der Waals surface area (Å²) in [7, 11) is 4.07. The number of benzene rings is 1. The zero-order chi connectivity index (χ0) is 24.9. The number of hydrogen-bond donors (Lipinski definition) is 1. The van der Waals surface area contributed by atoms with E-state index in [1.807, 2.05) is 50.6 Å². The second kappa shape index (κ2) is 11.0. The maximum Gasteiger partial charge on any atom is 0.251 e. The van der Waals surface area contributed by atoms with E-state index in [2.05, 4.69) is 31.1 Å². The van der Waals surface area contributed by atoms with E-state index in [9.17, 15) is 4.79 Å². The van der Waals surface area contributed by atoms with E-state index < -0.39 is 0 Å². The van der Waals surface area contributed by atoms with E-state index >= 15 is 0 Å². The minimum Gasteiger partial charge on any atom is -0.378 e. The van der Waals surface area contributed by atoms with Gasteiger partial charge in [-0.1, -0.05) is 12.1 Å². The summed E-state index contributed by atoms with van der Waals surface area (Å²) >= 11 is 0. The van der Waals surface area contributed by atoms with Gasteiger partial charge in [0.05, 0.1) is 30.8 Å². The monoisotopic (exact) mass is 487 g/mol. The SMILES string of the molecule is CN(C)CCCNC(=O)c1cccc(-c2nc(N3CCOCC3)nc3c2CCN3c2cccnc2)c1. The number of morpholine rings is 1. The Morgan fingerprint density at radius 2 is 1.97 bits per heavy atom. The Kier molecular flexibility index (Phi) is 7.39. The summed E-state index contributed by atoms with van der Waals surface area (Å²) in [5.74, 6) is 1.54. The van der Waals surface area contributed by atoms with Crippen molar-refractivity contribution in [3.05, 3.63) is 59.9 Å². The zero-order valence-electron chi connectivity index (χ0n) is 21.0. The van der Waals surface area contributed by atoms with Crippen LogP contribution in [0.25, 0.3) is 11.3 Å². The molecule has 1 N–H and O–H groups in total. The van der Waals surface area contributed by atoms with E-state index in [-0.39, 0.29) is 5.91 Å². The molecular formula is C27H33N7O2. The Morgan fingerprint density at radius 3 is 2.75 bits per heavy atom. The Bertz CT molecular complexity index is 1200. The number of carbonyl (C=O) groups is 1. The van der Waals surface area contributed by atoms with Crippen molar-refractivity contribution in [2.45, 2.75) is 12.8 Å². The van der Waals surface area contributed by atoms with Crippen molar-refractivity contribution in [3.8, 4) is 11.3 Å². The van der Waals surface area contributed by atoms with E-state index in [0.717, 1.165) is 67.3 Å². The molecule has 1 fully saturated rings. The van der Waals surface area contributed by atoms with E-state index in [0.29, 0.717) is 31.3 Å². The Morgan fingerprint density at radius 1 is 1.11 bits per heavy atom. The molecule has 5 rings (SSSR count). The van der Waals surface area contributed by atoms with Gasteiger partial charge in [0.15, 0.2) is 0 Å². The lowest BCUT2D eigenvalue weighted by Gasteiger charge is -2.28. The highest BCUT2D eigenvalue weighted by Gasteiger charge is 2.29. The number of ether oxygens (including phenoxy) is 1. The van der Waals surface area contributed by atoms with Crippen LogP contribution < -0.4 is 15.1 Å². The Hall–Kier alpha value is -3.56. The molecule has 188 valence electrons. The molecule has 1 aromatic carbocycles. The van der Waals surface area contributed by atoms with Gasteiger partial charge in [0.1, 0.15) is 5.82 Å². The predicted molar refractivity (Wildman–Crippen MR) is 141 cm³/mol. The number of hydrogen-bond acceptors (Lipinski definition) is 8.